The maximum atomic E-state index is 13.7. The number of benzene rings is 2. The third kappa shape index (κ3) is 4.46. The summed E-state index contributed by atoms with van der Waals surface area (Å²) in [6, 6.07) is 20.0. The summed E-state index contributed by atoms with van der Waals surface area (Å²) in [6.07, 6.45) is 1.66. The largest absolute Gasteiger partial charge is 0.463 e. The summed E-state index contributed by atoms with van der Waals surface area (Å²) in [5.41, 5.74) is 3.63. The molecule has 1 aliphatic rings. The number of furan rings is 1. The number of carbonyl (C=O) groups excluding carboxylic acids is 1. The Bertz CT molecular complexity index is 1760. The maximum Gasteiger partial charge on any atom is 0.338 e. The third-order valence-corrected chi connectivity index (χ3v) is 7.11. The van der Waals surface area contributed by atoms with Gasteiger partial charge in [0.1, 0.15) is 11.5 Å². The highest BCUT2D eigenvalue weighted by Crippen LogP contribution is 2.31. The zero-order valence-electron chi connectivity index (χ0n) is 20.5. The molecule has 37 heavy (non-hydrogen) atoms. The summed E-state index contributed by atoms with van der Waals surface area (Å²) >= 11 is 1.23. The van der Waals surface area contributed by atoms with Crippen molar-refractivity contribution in [3.8, 4) is 17.4 Å². The van der Waals surface area contributed by atoms with Gasteiger partial charge in [-0.2, -0.15) is 5.26 Å². The highest BCUT2D eigenvalue weighted by molar-refractivity contribution is 7.07. The summed E-state index contributed by atoms with van der Waals surface area (Å²) in [5, 5.41) is 9.41. The molecule has 0 unspecified atom stereocenters. The van der Waals surface area contributed by atoms with Crippen LogP contribution < -0.4 is 14.9 Å². The van der Waals surface area contributed by atoms with Gasteiger partial charge in [-0.1, -0.05) is 53.3 Å². The van der Waals surface area contributed by atoms with E-state index in [0.29, 0.717) is 43.3 Å². The Hall–Kier alpha value is -4.48. The standard InChI is InChI=1S/C29H23N3O4S/c1-4-35-28(34)25-18(3)31-29-32(26(25)19-11-9-17(2)10-12-19)27(33)24(37-29)15-21-13-14-23(36-21)22-8-6-5-7-20(22)16-30/h5-15,26H,4H2,1-3H3/b24-15-/t26-/m0/s1. The van der Waals surface area contributed by atoms with E-state index in [2.05, 4.69) is 11.1 Å². The van der Waals surface area contributed by atoms with Crippen LogP contribution in [0, 0.1) is 18.3 Å². The van der Waals surface area contributed by atoms with E-state index in [1.54, 1.807) is 48.8 Å². The van der Waals surface area contributed by atoms with Crippen molar-refractivity contribution in [2.45, 2.75) is 26.8 Å². The average molecular weight is 510 g/mol. The van der Waals surface area contributed by atoms with Crippen LogP contribution in [0.4, 0.5) is 0 Å². The van der Waals surface area contributed by atoms with E-state index in [4.69, 9.17) is 9.15 Å². The van der Waals surface area contributed by atoms with E-state index in [9.17, 15) is 14.9 Å². The van der Waals surface area contributed by atoms with Crippen LogP contribution in [0.2, 0.25) is 0 Å². The van der Waals surface area contributed by atoms with E-state index in [0.717, 1.165) is 11.1 Å². The fourth-order valence-corrected chi connectivity index (χ4v) is 5.38. The van der Waals surface area contributed by atoms with E-state index < -0.39 is 12.0 Å². The summed E-state index contributed by atoms with van der Waals surface area (Å²) in [7, 11) is 0. The second kappa shape index (κ2) is 9.88. The summed E-state index contributed by atoms with van der Waals surface area (Å²) < 4.78 is 13.3. The molecule has 2 aromatic carbocycles. The van der Waals surface area contributed by atoms with Gasteiger partial charge in [0.2, 0.25) is 0 Å². The Morgan fingerprint density at radius 1 is 1.16 bits per heavy atom. The first-order valence-electron chi connectivity index (χ1n) is 11.8. The van der Waals surface area contributed by atoms with E-state index in [-0.39, 0.29) is 12.2 Å². The molecule has 1 aliphatic heterocycles. The number of nitriles is 1. The Labute approximate surface area is 216 Å². The van der Waals surface area contributed by atoms with Crippen molar-refractivity contribution in [3.63, 3.8) is 0 Å². The van der Waals surface area contributed by atoms with Gasteiger partial charge in [0.25, 0.3) is 5.56 Å². The van der Waals surface area contributed by atoms with E-state index in [1.807, 2.05) is 43.3 Å². The minimum atomic E-state index is -0.660. The topological polar surface area (TPSA) is 97.6 Å². The lowest BCUT2D eigenvalue weighted by molar-refractivity contribution is -0.139. The SMILES string of the molecule is CCOC(=O)C1=C(C)N=c2s/c(=C\c3ccc(-c4ccccc4C#N)o3)c(=O)n2[C@H]1c1ccc(C)cc1. The number of allylic oxidation sites excluding steroid dienone is 1. The quantitative estimate of drug-likeness (QED) is 0.375. The van der Waals surface area contributed by atoms with Gasteiger partial charge >= 0.3 is 5.97 Å². The molecule has 184 valence electrons. The molecule has 1 atom stereocenters. The molecule has 5 rings (SSSR count). The van der Waals surface area contributed by atoms with Crippen LogP contribution in [-0.2, 0) is 9.53 Å². The number of thiazole rings is 1. The Kier molecular flexibility index (Phi) is 6.47. The minimum absolute atomic E-state index is 0.219. The first-order chi connectivity index (χ1) is 17.9. The molecule has 3 heterocycles. The van der Waals surface area contributed by atoms with Crippen LogP contribution in [0.15, 0.2) is 86.1 Å². The van der Waals surface area contributed by atoms with Crippen LogP contribution in [0.3, 0.4) is 0 Å². The van der Waals surface area contributed by atoms with Gasteiger partial charge in [-0.15, -0.1) is 0 Å². The molecule has 0 saturated carbocycles. The van der Waals surface area contributed by atoms with Crippen molar-refractivity contribution in [1.82, 2.24) is 4.57 Å². The second-order valence-electron chi connectivity index (χ2n) is 8.57. The van der Waals surface area contributed by atoms with Crippen molar-refractivity contribution in [1.29, 1.82) is 5.26 Å². The lowest BCUT2D eigenvalue weighted by Crippen LogP contribution is -2.39. The number of aromatic nitrogens is 1. The molecule has 0 aliphatic carbocycles. The van der Waals surface area contributed by atoms with Gasteiger partial charge < -0.3 is 9.15 Å². The highest BCUT2D eigenvalue weighted by Gasteiger charge is 2.33. The lowest BCUT2D eigenvalue weighted by atomic mass is 9.95. The van der Waals surface area contributed by atoms with Gasteiger partial charge in [-0.3, -0.25) is 9.36 Å². The normalized spacial score (nSPS) is 15.2. The van der Waals surface area contributed by atoms with Crippen molar-refractivity contribution >= 4 is 23.4 Å². The highest BCUT2D eigenvalue weighted by atomic mass is 32.1. The molecule has 2 aromatic heterocycles. The molecule has 7 nitrogen and oxygen atoms in total. The number of ether oxygens (including phenoxy) is 1. The molecule has 0 saturated heterocycles. The molecule has 4 aromatic rings. The molecular formula is C29H23N3O4S. The molecule has 0 amide bonds. The fourth-order valence-electron chi connectivity index (χ4n) is 4.36. The van der Waals surface area contributed by atoms with Gasteiger partial charge in [-0.05, 0) is 50.6 Å². The van der Waals surface area contributed by atoms with Crippen molar-refractivity contribution < 1.29 is 13.9 Å². The van der Waals surface area contributed by atoms with Crippen LogP contribution in [-0.4, -0.2) is 17.1 Å². The van der Waals surface area contributed by atoms with Gasteiger partial charge in [0.15, 0.2) is 4.80 Å². The number of nitrogens with zero attached hydrogens (tertiary/aromatic N) is 3. The summed E-state index contributed by atoms with van der Waals surface area (Å²) in [5.74, 6) is 0.519. The molecule has 8 heteroatoms. The first-order valence-corrected chi connectivity index (χ1v) is 12.6. The molecule has 0 bridgehead atoms. The molecule has 0 spiro atoms. The van der Waals surface area contributed by atoms with Gasteiger partial charge in [-0.25, -0.2) is 9.79 Å². The first kappa shape index (κ1) is 24.2. The number of hydrogen-bond donors (Lipinski definition) is 0. The average Bonchev–Trinajstić information content (AvgIpc) is 3.48. The summed E-state index contributed by atoms with van der Waals surface area (Å²) in [6.45, 7) is 5.71. The van der Waals surface area contributed by atoms with Crippen molar-refractivity contribution in [3.05, 3.63) is 114 Å². The number of esters is 1. The molecule has 0 N–H and O–H groups in total. The Morgan fingerprint density at radius 3 is 2.65 bits per heavy atom. The number of carbonyl (C=O) groups is 1. The third-order valence-electron chi connectivity index (χ3n) is 6.12. The Balaban J connectivity index is 1.64. The second-order valence-corrected chi connectivity index (χ2v) is 9.58. The number of hydrogen-bond acceptors (Lipinski definition) is 7. The minimum Gasteiger partial charge on any atom is -0.463 e. The monoisotopic (exact) mass is 509 g/mol. The van der Waals surface area contributed by atoms with Crippen molar-refractivity contribution in [2.75, 3.05) is 6.61 Å². The number of aryl methyl sites for hydroxylation is 1. The zero-order valence-corrected chi connectivity index (χ0v) is 21.3. The van der Waals surface area contributed by atoms with Gasteiger partial charge in [0, 0.05) is 11.6 Å². The predicted molar refractivity (Wildman–Crippen MR) is 140 cm³/mol. The van der Waals surface area contributed by atoms with Crippen LogP contribution in [0.25, 0.3) is 17.4 Å². The predicted octanol–water partition coefficient (Wildman–Crippen LogP) is 4.24. The Morgan fingerprint density at radius 2 is 1.92 bits per heavy atom. The number of fused-ring (bicyclic) bond motifs is 1. The van der Waals surface area contributed by atoms with Crippen molar-refractivity contribution in [2.24, 2.45) is 4.99 Å². The van der Waals surface area contributed by atoms with Crippen LogP contribution in [0.1, 0.15) is 42.3 Å². The smallest absolute Gasteiger partial charge is 0.338 e. The van der Waals surface area contributed by atoms with E-state index in [1.165, 1.54) is 11.3 Å². The molecule has 0 fully saturated rings. The number of rotatable bonds is 5. The van der Waals surface area contributed by atoms with Crippen LogP contribution >= 0.6 is 11.3 Å². The fraction of sp³-hybridized carbons (Fsp3) is 0.172. The zero-order chi connectivity index (χ0) is 26.1. The van der Waals surface area contributed by atoms with E-state index >= 15 is 0 Å². The lowest BCUT2D eigenvalue weighted by Gasteiger charge is -2.24. The maximum absolute atomic E-state index is 13.7. The summed E-state index contributed by atoms with van der Waals surface area (Å²) in [4.78, 5) is 31.8. The van der Waals surface area contributed by atoms with Gasteiger partial charge in [0.05, 0.1) is 40.1 Å². The molecular weight excluding hydrogens is 486 g/mol. The van der Waals surface area contributed by atoms with Crippen LogP contribution in [0.5, 0.6) is 0 Å². The molecule has 0 radical (unpaired) electrons.